The molecule has 90 valence electrons. The Kier molecular flexibility index (Phi) is 5.07. The molecule has 0 aliphatic heterocycles. The van der Waals surface area contributed by atoms with Crippen LogP contribution in [-0.4, -0.2) is 18.8 Å². The van der Waals surface area contributed by atoms with Gasteiger partial charge in [-0.15, -0.1) is 0 Å². The second-order valence-electron chi connectivity index (χ2n) is 5.44. The van der Waals surface area contributed by atoms with E-state index in [9.17, 15) is 0 Å². The fourth-order valence-corrected chi connectivity index (χ4v) is 2.62. The van der Waals surface area contributed by atoms with Crippen molar-refractivity contribution in [2.24, 2.45) is 17.6 Å². The van der Waals surface area contributed by atoms with Crippen LogP contribution in [-0.2, 0) is 4.74 Å². The van der Waals surface area contributed by atoms with E-state index in [0.29, 0.717) is 12.5 Å². The third-order valence-electron chi connectivity index (χ3n) is 3.64. The molecule has 1 rings (SSSR count). The van der Waals surface area contributed by atoms with Crippen LogP contribution >= 0.6 is 0 Å². The summed E-state index contributed by atoms with van der Waals surface area (Å²) in [5.74, 6) is 1.46. The summed E-state index contributed by atoms with van der Waals surface area (Å²) in [5.41, 5.74) is 5.88. The van der Waals surface area contributed by atoms with Crippen LogP contribution in [0.4, 0.5) is 0 Å². The Bertz CT molecular complexity index is 183. The average molecular weight is 213 g/mol. The van der Waals surface area contributed by atoms with E-state index in [1.807, 2.05) is 0 Å². The summed E-state index contributed by atoms with van der Waals surface area (Å²) in [4.78, 5) is 0. The van der Waals surface area contributed by atoms with Crippen LogP contribution in [0.25, 0.3) is 0 Å². The fraction of sp³-hybridized carbons (Fsp3) is 1.00. The van der Waals surface area contributed by atoms with Crippen molar-refractivity contribution in [2.75, 3.05) is 13.2 Å². The molecule has 1 aliphatic rings. The summed E-state index contributed by atoms with van der Waals surface area (Å²) >= 11 is 0. The maximum Gasteiger partial charge on any atom is 0.0806 e. The lowest BCUT2D eigenvalue weighted by Crippen LogP contribution is -2.39. The number of ether oxygens (including phenoxy) is 1. The predicted octanol–water partition coefficient (Wildman–Crippen LogP) is 2.96. The molecule has 1 aliphatic carbocycles. The quantitative estimate of drug-likeness (QED) is 0.736. The van der Waals surface area contributed by atoms with E-state index in [0.717, 1.165) is 25.4 Å². The van der Waals surface area contributed by atoms with Gasteiger partial charge in [0.1, 0.15) is 0 Å². The lowest BCUT2D eigenvalue weighted by atomic mass is 10.00. The molecule has 15 heavy (non-hydrogen) atoms. The van der Waals surface area contributed by atoms with Crippen molar-refractivity contribution in [3.05, 3.63) is 0 Å². The molecule has 0 heterocycles. The highest BCUT2D eigenvalue weighted by Crippen LogP contribution is 2.36. The maximum absolute atomic E-state index is 6.10. The molecule has 0 saturated heterocycles. The van der Waals surface area contributed by atoms with Gasteiger partial charge < -0.3 is 10.5 Å². The second kappa shape index (κ2) is 5.86. The van der Waals surface area contributed by atoms with Gasteiger partial charge in [-0.3, -0.25) is 0 Å². The third-order valence-corrected chi connectivity index (χ3v) is 3.64. The van der Waals surface area contributed by atoms with Gasteiger partial charge in [-0.05, 0) is 37.5 Å². The Hall–Kier alpha value is -0.0800. The highest BCUT2D eigenvalue weighted by Gasteiger charge is 2.37. The monoisotopic (exact) mass is 213 g/mol. The van der Waals surface area contributed by atoms with Crippen molar-refractivity contribution in [3.8, 4) is 0 Å². The molecule has 2 heteroatoms. The summed E-state index contributed by atoms with van der Waals surface area (Å²) < 4.78 is 6.10. The van der Waals surface area contributed by atoms with Crippen LogP contribution in [0.3, 0.4) is 0 Å². The Labute approximate surface area is 94.6 Å². The standard InChI is InChI=1S/C13H27NO/c1-4-5-12(3)9-15-13(10-14)7-6-11(2)8-13/h11-12H,4-10,14H2,1-3H3. The molecule has 3 atom stereocenters. The minimum absolute atomic E-state index is 0.0153. The molecule has 0 amide bonds. The minimum Gasteiger partial charge on any atom is -0.373 e. The zero-order valence-corrected chi connectivity index (χ0v) is 10.6. The van der Waals surface area contributed by atoms with Gasteiger partial charge in [0.05, 0.1) is 5.60 Å². The molecular weight excluding hydrogens is 186 g/mol. The van der Waals surface area contributed by atoms with Gasteiger partial charge in [-0.25, -0.2) is 0 Å². The number of nitrogens with two attached hydrogens (primary N) is 1. The van der Waals surface area contributed by atoms with Gasteiger partial charge in [-0.1, -0.05) is 27.2 Å². The Balaban J connectivity index is 2.34. The maximum atomic E-state index is 6.10. The first kappa shape index (κ1) is 13.0. The van der Waals surface area contributed by atoms with Crippen molar-refractivity contribution in [1.82, 2.24) is 0 Å². The molecule has 1 saturated carbocycles. The van der Waals surface area contributed by atoms with Crippen LogP contribution in [0.15, 0.2) is 0 Å². The molecule has 0 bridgehead atoms. The first-order chi connectivity index (χ1) is 7.12. The van der Waals surface area contributed by atoms with E-state index in [1.54, 1.807) is 0 Å². The minimum atomic E-state index is 0.0153. The number of hydrogen-bond acceptors (Lipinski definition) is 2. The smallest absolute Gasteiger partial charge is 0.0806 e. The number of hydrogen-bond donors (Lipinski definition) is 1. The van der Waals surface area contributed by atoms with Gasteiger partial charge >= 0.3 is 0 Å². The van der Waals surface area contributed by atoms with Gasteiger partial charge in [0.2, 0.25) is 0 Å². The topological polar surface area (TPSA) is 35.2 Å². The molecular formula is C13H27NO. The molecule has 0 spiro atoms. The third kappa shape index (κ3) is 3.76. The van der Waals surface area contributed by atoms with E-state index in [2.05, 4.69) is 20.8 Å². The molecule has 3 unspecified atom stereocenters. The molecule has 0 aromatic carbocycles. The van der Waals surface area contributed by atoms with Crippen molar-refractivity contribution >= 4 is 0 Å². The van der Waals surface area contributed by atoms with Crippen LogP contribution in [0, 0.1) is 11.8 Å². The van der Waals surface area contributed by atoms with Gasteiger partial charge in [0.25, 0.3) is 0 Å². The molecule has 2 nitrogen and oxygen atoms in total. The Morgan fingerprint density at radius 3 is 2.73 bits per heavy atom. The van der Waals surface area contributed by atoms with Crippen LogP contribution in [0.5, 0.6) is 0 Å². The van der Waals surface area contributed by atoms with E-state index < -0.39 is 0 Å². The molecule has 1 fully saturated rings. The molecule has 2 N–H and O–H groups in total. The molecule has 0 aromatic heterocycles. The van der Waals surface area contributed by atoms with Gasteiger partial charge in [0, 0.05) is 13.2 Å². The van der Waals surface area contributed by atoms with E-state index >= 15 is 0 Å². The zero-order valence-electron chi connectivity index (χ0n) is 10.6. The summed E-state index contributed by atoms with van der Waals surface area (Å²) in [7, 11) is 0. The summed E-state index contributed by atoms with van der Waals surface area (Å²) in [6.07, 6.45) is 6.10. The average Bonchev–Trinajstić information content (AvgIpc) is 2.59. The van der Waals surface area contributed by atoms with Gasteiger partial charge in [0.15, 0.2) is 0 Å². The van der Waals surface area contributed by atoms with Crippen molar-refractivity contribution < 1.29 is 4.74 Å². The first-order valence-electron chi connectivity index (χ1n) is 6.46. The van der Waals surface area contributed by atoms with Crippen LogP contribution < -0.4 is 5.73 Å². The first-order valence-corrected chi connectivity index (χ1v) is 6.46. The summed E-state index contributed by atoms with van der Waals surface area (Å²) in [6, 6.07) is 0. The molecule has 0 aromatic rings. The highest BCUT2D eigenvalue weighted by molar-refractivity contribution is 4.90. The largest absolute Gasteiger partial charge is 0.373 e. The SMILES string of the molecule is CCCC(C)COC1(CN)CCC(C)C1. The highest BCUT2D eigenvalue weighted by atomic mass is 16.5. The predicted molar refractivity (Wildman–Crippen MR) is 64.8 cm³/mol. The number of rotatable bonds is 6. The second-order valence-corrected chi connectivity index (χ2v) is 5.44. The van der Waals surface area contributed by atoms with Gasteiger partial charge in [-0.2, -0.15) is 0 Å². The summed E-state index contributed by atoms with van der Waals surface area (Å²) in [5, 5.41) is 0. The lowest BCUT2D eigenvalue weighted by molar-refractivity contribution is -0.0507. The zero-order chi connectivity index (χ0) is 11.3. The summed E-state index contributed by atoms with van der Waals surface area (Å²) in [6.45, 7) is 8.38. The molecule has 0 radical (unpaired) electrons. The van der Waals surface area contributed by atoms with E-state index in [4.69, 9.17) is 10.5 Å². The van der Waals surface area contributed by atoms with Crippen molar-refractivity contribution in [1.29, 1.82) is 0 Å². The Morgan fingerprint density at radius 2 is 2.27 bits per heavy atom. The van der Waals surface area contributed by atoms with Crippen molar-refractivity contribution in [3.63, 3.8) is 0 Å². The van der Waals surface area contributed by atoms with Crippen LogP contribution in [0.2, 0.25) is 0 Å². The fourth-order valence-electron chi connectivity index (χ4n) is 2.62. The lowest BCUT2D eigenvalue weighted by Gasteiger charge is -2.29. The van der Waals surface area contributed by atoms with E-state index in [1.165, 1.54) is 19.3 Å². The van der Waals surface area contributed by atoms with E-state index in [-0.39, 0.29) is 5.60 Å². The normalized spacial score (nSPS) is 33.2. The Morgan fingerprint density at radius 1 is 1.53 bits per heavy atom. The van der Waals surface area contributed by atoms with Crippen molar-refractivity contribution in [2.45, 2.75) is 58.5 Å². The van der Waals surface area contributed by atoms with Crippen LogP contribution in [0.1, 0.15) is 52.9 Å².